The first-order chi connectivity index (χ1) is 10.8. The second-order valence-electron chi connectivity index (χ2n) is 5.80. The van der Waals surface area contributed by atoms with Crippen LogP contribution in [-0.4, -0.2) is 17.7 Å². The van der Waals surface area contributed by atoms with Crippen LogP contribution in [0.2, 0.25) is 0 Å². The standard InChI is InChI=1S/C18H17NO3/c1-2-21-17(20)10-15-18-14-7-5-12(11-3-4-11)9-13(14)6-8-16(18)22-19-15/h5-9,11H,2-4,10H2,1H3. The lowest BCUT2D eigenvalue weighted by molar-refractivity contribution is -0.142. The lowest BCUT2D eigenvalue weighted by atomic mass is 10.00. The van der Waals surface area contributed by atoms with Gasteiger partial charge in [0.15, 0.2) is 5.58 Å². The first kappa shape index (κ1) is 13.3. The Balaban J connectivity index is 1.82. The van der Waals surface area contributed by atoms with Crippen molar-refractivity contribution in [3.8, 4) is 0 Å². The van der Waals surface area contributed by atoms with E-state index in [0.29, 0.717) is 17.9 Å². The van der Waals surface area contributed by atoms with Gasteiger partial charge in [-0.05, 0) is 48.1 Å². The van der Waals surface area contributed by atoms with E-state index in [1.54, 1.807) is 6.92 Å². The molecule has 1 aliphatic rings. The smallest absolute Gasteiger partial charge is 0.312 e. The Morgan fingerprint density at radius 2 is 2.18 bits per heavy atom. The van der Waals surface area contributed by atoms with Crippen molar-refractivity contribution in [1.29, 1.82) is 0 Å². The van der Waals surface area contributed by atoms with Gasteiger partial charge in [-0.2, -0.15) is 0 Å². The van der Waals surface area contributed by atoms with Crippen molar-refractivity contribution < 1.29 is 14.1 Å². The number of hydrogen-bond acceptors (Lipinski definition) is 4. The van der Waals surface area contributed by atoms with Gasteiger partial charge < -0.3 is 9.26 Å². The SMILES string of the molecule is CCOC(=O)Cc1noc2ccc3cc(C4CC4)ccc3c12. The molecule has 4 nitrogen and oxygen atoms in total. The van der Waals surface area contributed by atoms with Crippen LogP contribution >= 0.6 is 0 Å². The molecule has 0 bridgehead atoms. The summed E-state index contributed by atoms with van der Waals surface area (Å²) in [6.07, 6.45) is 2.72. The Labute approximate surface area is 128 Å². The Kier molecular flexibility index (Phi) is 3.10. The lowest BCUT2D eigenvalue weighted by Crippen LogP contribution is -2.07. The summed E-state index contributed by atoms with van der Waals surface area (Å²) in [6, 6.07) is 10.5. The number of benzene rings is 2. The van der Waals surface area contributed by atoms with E-state index in [4.69, 9.17) is 9.26 Å². The van der Waals surface area contributed by atoms with E-state index in [1.807, 2.05) is 6.07 Å². The Morgan fingerprint density at radius 1 is 1.32 bits per heavy atom. The van der Waals surface area contributed by atoms with E-state index in [1.165, 1.54) is 23.8 Å². The lowest BCUT2D eigenvalue weighted by Gasteiger charge is -2.04. The van der Waals surface area contributed by atoms with Crippen LogP contribution in [0.1, 0.15) is 36.9 Å². The summed E-state index contributed by atoms with van der Waals surface area (Å²) in [5.74, 6) is 0.450. The maximum absolute atomic E-state index is 11.7. The minimum atomic E-state index is -0.274. The van der Waals surface area contributed by atoms with Gasteiger partial charge >= 0.3 is 5.97 Å². The summed E-state index contributed by atoms with van der Waals surface area (Å²) in [7, 11) is 0. The van der Waals surface area contributed by atoms with Gasteiger partial charge in [0.05, 0.1) is 18.4 Å². The zero-order valence-electron chi connectivity index (χ0n) is 12.5. The zero-order chi connectivity index (χ0) is 15.1. The molecule has 1 fully saturated rings. The molecule has 3 aromatic rings. The molecule has 22 heavy (non-hydrogen) atoms. The predicted molar refractivity (Wildman–Crippen MR) is 83.8 cm³/mol. The normalized spacial score (nSPS) is 14.6. The number of aromatic nitrogens is 1. The molecular formula is C18H17NO3. The molecule has 0 N–H and O–H groups in total. The number of hydrogen-bond donors (Lipinski definition) is 0. The maximum atomic E-state index is 11.7. The number of esters is 1. The average molecular weight is 295 g/mol. The van der Waals surface area contributed by atoms with Crippen LogP contribution in [0, 0.1) is 0 Å². The van der Waals surface area contributed by atoms with Crippen LogP contribution in [0.15, 0.2) is 34.9 Å². The van der Waals surface area contributed by atoms with E-state index in [-0.39, 0.29) is 12.4 Å². The highest BCUT2D eigenvalue weighted by atomic mass is 16.5. The van der Waals surface area contributed by atoms with Gasteiger partial charge in [-0.3, -0.25) is 4.79 Å². The van der Waals surface area contributed by atoms with Gasteiger partial charge in [0.2, 0.25) is 0 Å². The fraction of sp³-hybridized carbons (Fsp3) is 0.333. The molecule has 0 unspecified atom stereocenters. The summed E-state index contributed by atoms with van der Waals surface area (Å²) in [5, 5.41) is 7.24. The number of carbonyl (C=O) groups excluding carboxylic acids is 1. The molecule has 0 aliphatic heterocycles. The topological polar surface area (TPSA) is 52.3 Å². The first-order valence-electron chi connectivity index (χ1n) is 7.73. The second kappa shape index (κ2) is 5.13. The number of rotatable bonds is 4. The minimum absolute atomic E-state index is 0.143. The Hall–Kier alpha value is -2.36. The molecule has 1 saturated carbocycles. The van der Waals surface area contributed by atoms with E-state index < -0.39 is 0 Å². The highest BCUT2D eigenvalue weighted by molar-refractivity contribution is 6.07. The highest BCUT2D eigenvalue weighted by Crippen LogP contribution is 2.41. The van der Waals surface area contributed by atoms with Gasteiger partial charge in [0.1, 0.15) is 5.69 Å². The van der Waals surface area contributed by atoms with Crippen molar-refractivity contribution in [3.05, 3.63) is 41.6 Å². The summed E-state index contributed by atoms with van der Waals surface area (Å²) < 4.78 is 10.4. The Morgan fingerprint density at radius 3 is 2.95 bits per heavy atom. The second-order valence-corrected chi connectivity index (χ2v) is 5.80. The fourth-order valence-corrected chi connectivity index (χ4v) is 2.99. The molecule has 4 rings (SSSR count). The molecule has 0 atom stereocenters. The number of fused-ring (bicyclic) bond motifs is 3. The van der Waals surface area contributed by atoms with E-state index in [2.05, 4.69) is 29.4 Å². The summed E-state index contributed by atoms with van der Waals surface area (Å²) in [6.45, 7) is 2.17. The number of nitrogens with zero attached hydrogens (tertiary/aromatic N) is 1. The van der Waals surface area contributed by atoms with Crippen molar-refractivity contribution >= 4 is 27.7 Å². The van der Waals surface area contributed by atoms with Crippen LogP contribution < -0.4 is 0 Å². The van der Waals surface area contributed by atoms with E-state index in [9.17, 15) is 4.79 Å². The quantitative estimate of drug-likeness (QED) is 0.683. The molecule has 1 aromatic heterocycles. The predicted octanol–water partition coefficient (Wildman–Crippen LogP) is 3.96. The molecule has 2 aromatic carbocycles. The van der Waals surface area contributed by atoms with E-state index >= 15 is 0 Å². The molecule has 0 spiro atoms. The molecular weight excluding hydrogens is 278 g/mol. The van der Waals surface area contributed by atoms with E-state index in [0.717, 1.165) is 16.7 Å². The summed E-state index contributed by atoms with van der Waals surface area (Å²) in [4.78, 5) is 11.7. The maximum Gasteiger partial charge on any atom is 0.312 e. The number of carbonyl (C=O) groups is 1. The molecule has 0 saturated heterocycles. The molecule has 0 amide bonds. The van der Waals surface area contributed by atoms with Crippen molar-refractivity contribution in [1.82, 2.24) is 5.16 Å². The van der Waals surface area contributed by atoms with Gasteiger partial charge in [0.25, 0.3) is 0 Å². The first-order valence-corrected chi connectivity index (χ1v) is 7.73. The Bertz CT molecular complexity index is 861. The van der Waals surface area contributed by atoms with Crippen LogP contribution in [0.4, 0.5) is 0 Å². The van der Waals surface area contributed by atoms with Crippen molar-refractivity contribution in [3.63, 3.8) is 0 Å². The van der Waals surface area contributed by atoms with Crippen LogP contribution in [0.5, 0.6) is 0 Å². The molecule has 0 radical (unpaired) electrons. The minimum Gasteiger partial charge on any atom is -0.466 e. The number of ether oxygens (including phenoxy) is 1. The average Bonchev–Trinajstić information content (AvgIpc) is 3.29. The highest BCUT2D eigenvalue weighted by Gasteiger charge is 2.24. The van der Waals surface area contributed by atoms with Gasteiger partial charge in [0, 0.05) is 0 Å². The fourth-order valence-electron chi connectivity index (χ4n) is 2.99. The van der Waals surface area contributed by atoms with Gasteiger partial charge in [-0.15, -0.1) is 0 Å². The molecule has 1 heterocycles. The van der Waals surface area contributed by atoms with Crippen LogP contribution in [-0.2, 0) is 16.0 Å². The van der Waals surface area contributed by atoms with Gasteiger partial charge in [-0.1, -0.05) is 29.4 Å². The third-order valence-corrected chi connectivity index (χ3v) is 4.21. The zero-order valence-corrected chi connectivity index (χ0v) is 12.5. The van der Waals surface area contributed by atoms with Crippen LogP contribution in [0.25, 0.3) is 21.7 Å². The molecule has 1 aliphatic carbocycles. The largest absolute Gasteiger partial charge is 0.466 e. The molecule has 4 heteroatoms. The third-order valence-electron chi connectivity index (χ3n) is 4.21. The van der Waals surface area contributed by atoms with Crippen molar-refractivity contribution in [2.24, 2.45) is 0 Å². The third kappa shape index (κ3) is 2.25. The summed E-state index contributed by atoms with van der Waals surface area (Å²) >= 11 is 0. The summed E-state index contributed by atoms with van der Waals surface area (Å²) in [5.41, 5.74) is 2.76. The van der Waals surface area contributed by atoms with Crippen LogP contribution in [0.3, 0.4) is 0 Å². The monoisotopic (exact) mass is 295 g/mol. The van der Waals surface area contributed by atoms with Crippen molar-refractivity contribution in [2.75, 3.05) is 6.61 Å². The van der Waals surface area contributed by atoms with Gasteiger partial charge in [-0.25, -0.2) is 0 Å². The molecule has 112 valence electrons. The van der Waals surface area contributed by atoms with Crippen molar-refractivity contribution in [2.45, 2.75) is 32.1 Å².